The third-order valence-electron chi connectivity index (χ3n) is 3.01. The van der Waals surface area contributed by atoms with Crippen molar-refractivity contribution in [3.05, 3.63) is 52.5 Å². The number of amides is 3. The van der Waals surface area contributed by atoms with Crippen LogP contribution in [-0.2, 0) is 14.4 Å². The van der Waals surface area contributed by atoms with Crippen molar-refractivity contribution in [2.45, 2.75) is 13.3 Å². The molecule has 25 heavy (non-hydrogen) atoms. The molecule has 0 aliphatic carbocycles. The minimum Gasteiger partial charge on any atom is -0.326 e. The van der Waals surface area contributed by atoms with Gasteiger partial charge < -0.3 is 16.0 Å². The van der Waals surface area contributed by atoms with Crippen molar-refractivity contribution in [3.63, 3.8) is 0 Å². The van der Waals surface area contributed by atoms with Crippen molar-refractivity contribution < 1.29 is 14.4 Å². The highest BCUT2D eigenvalue weighted by Crippen LogP contribution is 2.29. The summed E-state index contributed by atoms with van der Waals surface area (Å²) in [5, 5.41) is 8.27. The van der Waals surface area contributed by atoms with E-state index in [2.05, 4.69) is 16.0 Å². The lowest BCUT2D eigenvalue weighted by molar-refractivity contribution is -0.123. The minimum absolute atomic E-state index is 0.223. The molecule has 0 radical (unpaired) electrons. The predicted octanol–water partition coefficient (Wildman–Crippen LogP) is 3.92. The summed E-state index contributed by atoms with van der Waals surface area (Å²) in [4.78, 5) is 35.0. The van der Waals surface area contributed by atoms with Crippen LogP contribution in [0.3, 0.4) is 0 Å². The number of nitrogens with one attached hydrogen (secondary N) is 3. The van der Waals surface area contributed by atoms with Gasteiger partial charge in [0.1, 0.15) is 6.42 Å². The van der Waals surface area contributed by atoms with E-state index >= 15 is 0 Å². The highest BCUT2D eigenvalue weighted by molar-refractivity contribution is 6.39. The van der Waals surface area contributed by atoms with Gasteiger partial charge in [0.25, 0.3) is 0 Å². The molecule has 3 N–H and O–H groups in total. The van der Waals surface area contributed by atoms with Gasteiger partial charge in [0.15, 0.2) is 0 Å². The van der Waals surface area contributed by atoms with Crippen LogP contribution >= 0.6 is 23.2 Å². The Hall–Kier alpha value is -2.57. The second-order valence-electron chi connectivity index (χ2n) is 5.13. The van der Waals surface area contributed by atoms with Gasteiger partial charge in [-0.15, -0.1) is 0 Å². The van der Waals surface area contributed by atoms with Crippen molar-refractivity contribution >= 4 is 58.0 Å². The van der Waals surface area contributed by atoms with E-state index < -0.39 is 18.2 Å². The lowest BCUT2D eigenvalue weighted by Gasteiger charge is -2.10. The van der Waals surface area contributed by atoms with Gasteiger partial charge in [-0.2, -0.15) is 0 Å². The summed E-state index contributed by atoms with van der Waals surface area (Å²) in [5.41, 5.74) is 1.26. The summed E-state index contributed by atoms with van der Waals surface area (Å²) < 4.78 is 0. The van der Waals surface area contributed by atoms with Crippen molar-refractivity contribution in [2.24, 2.45) is 0 Å². The number of hydrogen-bond acceptors (Lipinski definition) is 3. The lowest BCUT2D eigenvalue weighted by Crippen LogP contribution is -2.21. The molecule has 2 rings (SSSR count). The quantitative estimate of drug-likeness (QED) is 0.687. The summed E-state index contributed by atoms with van der Waals surface area (Å²) in [6.07, 6.45) is -0.411. The highest BCUT2D eigenvalue weighted by Gasteiger charge is 2.13. The first kappa shape index (κ1) is 18.8. The van der Waals surface area contributed by atoms with Crippen molar-refractivity contribution in [3.8, 4) is 0 Å². The van der Waals surface area contributed by atoms with E-state index in [1.54, 1.807) is 42.5 Å². The van der Waals surface area contributed by atoms with Crippen LogP contribution < -0.4 is 16.0 Å². The summed E-state index contributed by atoms with van der Waals surface area (Å²) >= 11 is 11.9. The third-order valence-corrected chi connectivity index (χ3v) is 3.64. The number of benzene rings is 2. The van der Waals surface area contributed by atoms with Gasteiger partial charge >= 0.3 is 0 Å². The molecule has 2 aromatic carbocycles. The fraction of sp³-hybridized carbons (Fsp3) is 0.118. The molecule has 0 unspecified atom stereocenters. The van der Waals surface area contributed by atoms with Crippen LogP contribution in [0.2, 0.25) is 10.0 Å². The Morgan fingerprint density at radius 1 is 0.840 bits per heavy atom. The van der Waals surface area contributed by atoms with Gasteiger partial charge in [0, 0.05) is 18.3 Å². The van der Waals surface area contributed by atoms with Crippen molar-refractivity contribution in [1.29, 1.82) is 0 Å². The molecule has 0 atom stereocenters. The number of anilines is 3. The predicted molar refractivity (Wildman–Crippen MR) is 99.1 cm³/mol. The minimum atomic E-state index is -0.550. The smallest absolute Gasteiger partial charge is 0.233 e. The van der Waals surface area contributed by atoms with E-state index in [0.717, 1.165) is 0 Å². The molecule has 8 heteroatoms. The van der Waals surface area contributed by atoms with Crippen LogP contribution in [0.4, 0.5) is 17.1 Å². The van der Waals surface area contributed by atoms with E-state index in [9.17, 15) is 14.4 Å². The van der Waals surface area contributed by atoms with Crippen LogP contribution in [0.15, 0.2) is 42.5 Å². The Morgan fingerprint density at radius 3 is 1.96 bits per heavy atom. The highest BCUT2D eigenvalue weighted by atomic mass is 35.5. The summed E-state index contributed by atoms with van der Waals surface area (Å²) in [7, 11) is 0. The molecule has 0 aliphatic heterocycles. The fourth-order valence-electron chi connectivity index (χ4n) is 2.03. The lowest BCUT2D eigenvalue weighted by atomic mass is 10.2. The van der Waals surface area contributed by atoms with E-state index in [4.69, 9.17) is 23.2 Å². The zero-order valence-electron chi connectivity index (χ0n) is 13.2. The molecule has 0 saturated carbocycles. The van der Waals surface area contributed by atoms with E-state index in [1.165, 1.54) is 6.92 Å². The maximum atomic E-state index is 12.0. The van der Waals surface area contributed by atoms with Crippen LogP contribution in [0.1, 0.15) is 13.3 Å². The first-order valence-electron chi connectivity index (χ1n) is 7.26. The van der Waals surface area contributed by atoms with Gasteiger partial charge in [-0.05, 0) is 30.3 Å². The Morgan fingerprint density at radius 2 is 1.36 bits per heavy atom. The van der Waals surface area contributed by atoms with Gasteiger partial charge in [0.05, 0.1) is 15.7 Å². The third kappa shape index (κ3) is 5.77. The Kier molecular flexibility index (Phi) is 6.38. The molecule has 6 nitrogen and oxygen atoms in total. The molecular weight excluding hydrogens is 365 g/mol. The SMILES string of the molecule is CC(=O)Nc1cccc(NC(=O)CC(=O)Nc2c(Cl)cccc2Cl)c1. The first-order valence-corrected chi connectivity index (χ1v) is 8.02. The topological polar surface area (TPSA) is 87.3 Å². The number of carbonyl (C=O) groups excluding carboxylic acids is 3. The molecule has 130 valence electrons. The molecular formula is C17H15Cl2N3O3. The maximum absolute atomic E-state index is 12.0. The Balaban J connectivity index is 1.96. The molecule has 2 aromatic rings. The largest absolute Gasteiger partial charge is 0.326 e. The number of rotatable bonds is 5. The molecule has 3 amide bonds. The number of carbonyl (C=O) groups is 3. The fourth-order valence-corrected chi connectivity index (χ4v) is 2.52. The second-order valence-corrected chi connectivity index (χ2v) is 5.95. The molecule has 0 aromatic heterocycles. The van der Waals surface area contributed by atoms with Crippen LogP contribution in [0, 0.1) is 0 Å². The van der Waals surface area contributed by atoms with Crippen LogP contribution in [0.25, 0.3) is 0 Å². The van der Waals surface area contributed by atoms with E-state index in [1.807, 2.05) is 0 Å². The summed E-state index contributed by atoms with van der Waals surface area (Å²) in [6.45, 7) is 1.38. The standard InChI is InChI=1S/C17H15Cl2N3O3/c1-10(23)20-11-4-2-5-12(8-11)21-15(24)9-16(25)22-17-13(18)6-3-7-14(17)19/h2-8H,9H2,1H3,(H,20,23)(H,21,24)(H,22,25). The molecule has 0 saturated heterocycles. The Bertz CT molecular complexity index is 804. The van der Waals surface area contributed by atoms with E-state index in [0.29, 0.717) is 11.4 Å². The van der Waals surface area contributed by atoms with E-state index in [-0.39, 0.29) is 21.6 Å². The Labute approximate surface area is 154 Å². The van der Waals surface area contributed by atoms with Crippen LogP contribution in [-0.4, -0.2) is 17.7 Å². The zero-order valence-corrected chi connectivity index (χ0v) is 14.7. The number of hydrogen-bond donors (Lipinski definition) is 3. The average molecular weight is 380 g/mol. The monoisotopic (exact) mass is 379 g/mol. The molecule has 0 heterocycles. The molecule has 0 bridgehead atoms. The summed E-state index contributed by atoms with van der Waals surface area (Å²) in [6, 6.07) is 11.4. The molecule has 0 aliphatic rings. The van der Waals surface area contributed by atoms with Crippen molar-refractivity contribution in [2.75, 3.05) is 16.0 Å². The van der Waals surface area contributed by atoms with Gasteiger partial charge in [0.2, 0.25) is 17.7 Å². The molecule has 0 spiro atoms. The first-order chi connectivity index (χ1) is 11.8. The number of para-hydroxylation sites is 1. The maximum Gasteiger partial charge on any atom is 0.233 e. The molecule has 0 fully saturated rings. The van der Waals surface area contributed by atoms with Gasteiger partial charge in [-0.25, -0.2) is 0 Å². The normalized spacial score (nSPS) is 10.0. The van der Waals surface area contributed by atoms with Gasteiger partial charge in [-0.1, -0.05) is 35.3 Å². The van der Waals surface area contributed by atoms with Crippen LogP contribution in [0.5, 0.6) is 0 Å². The van der Waals surface area contributed by atoms with Gasteiger partial charge in [-0.3, -0.25) is 14.4 Å². The number of halogens is 2. The second kappa shape index (κ2) is 8.50. The zero-order chi connectivity index (χ0) is 18.4. The van der Waals surface area contributed by atoms with Crippen molar-refractivity contribution in [1.82, 2.24) is 0 Å². The average Bonchev–Trinajstić information content (AvgIpc) is 2.50. The summed E-state index contributed by atoms with van der Waals surface area (Å²) in [5.74, 6) is -1.29.